The number of nitrogens with zero attached hydrogens (tertiary/aromatic N) is 2. The quantitative estimate of drug-likeness (QED) is 0.441. The molecule has 0 radical (unpaired) electrons. The van der Waals surface area contributed by atoms with Crippen molar-refractivity contribution in [3.63, 3.8) is 0 Å². The van der Waals surface area contributed by atoms with Gasteiger partial charge in [0.2, 0.25) is 0 Å². The minimum absolute atomic E-state index is 0.293. The van der Waals surface area contributed by atoms with E-state index >= 15 is 0 Å². The van der Waals surface area contributed by atoms with Crippen LogP contribution in [0.3, 0.4) is 0 Å². The van der Waals surface area contributed by atoms with Gasteiger partial charge in [0.25, 0.3) is 0 Å². The normalized spacial score (nSPS) is 11.0. The van der Waals surface area contributed by atoms with Gasteiger partial charge in [-0.1, -0.05) is 42.5 Å². The molecule has 4 rings (SSSR count). The molecule has 0 spiro atoms. The number of fused-ring (bicyclic) bond motifs is 2. The van der Waals surface area contributed by atoms with Crippen molar-refractivity contribution in [3.05, 3.63) is 66.7 Å². The molecule has 2 heterocycles. The average molecular weight is 288 g/mol. The Balaban J connectivity index is 1.97. The zero-order chi connectivity index (χ0) is 14.9. The summed E-state index contributed by atoms with van der Waals surface area (Å²) in [7, 11) is 0. The zero-order valence-corrected chi connectivity index (χ0v) is 11.6. The molecule has 0 atom stereocenters. The molecular formula is C18H12N2O2. The van der Waals surface area contributed by atoms with Gasteiger partial charge in [-0.3, -0.25) is 0 Å². The molecule has 0 saturated heterocycles. The van der Waals surface area contributed by atoms with Crippen molar-refractivity contribution in [2.75, 3.05) is 0 Å². The lowest BCUT2D eigenvalue weighted by molar-refractivity contribution is -0.137. The molecule has 0 unspecified atom stereocenters. The van der Waals surface area contributed by atoms with E-state index in [1.54, 1.807) is 6.07 Å². The molecule has 2 aromatic heterocycles. The van der Waals surface area contributed by atoms with Gasteiger partial charge in [-0.25, -0.2) is 15.2 Å². The third kappa shape index (κ3) is 2.06. The molecule has 0 aliphatic rings. The number of para-hydroxylation sites is 2. The van der Waals surface area contributed by atoms with Gasteiger partial charge >= 0.3 is 0 Å². The van der Waals surface area contributed by atoms with Gasteiger partial charge in [0.1, 0.15) is 5.69 Å². The molecule has 0 aliphatic carbocycles. The minimum atomic E-state index is 0.293. The number of pyridine rings is 2. The third-order valence-corrected chi connectivity index (χ3v) is 3.63. The highest BCUT2D eigenvalue weighted by atomic mass is 17.1. The molecule has 0 bridgehead atoms. The van der Waals surface area contributed by atoms with Crippen LogP contribution in [0.1, 0.15) is 0 Å². The van der Waals surface area contributed by atoms with E-state index in [9.17, 15) is 5.26 Å². The van der Waals surface area contributed by atoms with Crippen LogP contribution >= 0.6 is 0 Å². The molecule has 0 aliphatic heterocycles. The average Bonchev–Trinajstić information content (AvgIpc) is 2.60. The van der Waals surface area contributed by atoms with Crippen molar-refractivity contribution in [1.29, 1.82) is 0 Å². The first-order chi connectivity index (χ1) is 10.8. The summed E-state index contributed by atoms with van der Waals surface area (Å²) < 4.78 is 0. The number of hydrogen-bond acceptors (Lipinski definition) is 4. The molecule has 0 fully saturated rings. The number of hydrogen-bond donors (Lipinski definition) is 1. The Kier molecular flexibility index (Phi) is 2.95. The summed E-state index contributed by atoms with van der Waals surface area (Å²) in [6.45, 7) is 0. The van der Waals surface area contributed by atoms with Gasteiger partial charge in [-0.2, -0.15) is 0 Å². The molecule has 0 amide bonds. The van der Waals surface area contributed by atoms with Crippen LogP contribution in [-0.4, -0.2) is 15.2 Å². The minimum Gasteiger partial charge on any atom is -0.338 e. The van der Waals surface area contributed by atoms with Crippen LogP contribution in [0.5, 0.6) is 5.75 Å². The highest BCUT2D eigenvalue weighted by Gasteiger charge is 2.12. The second-order valence-corrected chi connectivity index (χ2v) is 5.01. The van der Waals surface area contributed by atoms with E-state index in [2.05, 4.69) is 14.9 Å². The van der Waals surface area contributed by atoms with Crippen molar-refractivity contribution in [1.82, 2.24) is 9.97 Å². The summed E-state index contributed by atoms with van der Waals surface area (Å²) in [6.07, 6.45) is 0. The Morgan fingerprint density at radius 2 is 1.41 bits per heavy atom. The van der Waals surface area contributed by atoms with E-state index in [4.69, 9.17) is 0 Å². The molecular weight excluding hydrogens is 276 g/mol. The SMILES string of the molecule is OOc1cc2ccccc2nc1-c1ccc2ccccc2n1. The molecule has 1 N–H and O–H groups in total. The van der Waals surface area contributed by atoms with Crippen molar-refractivity contribution in [2.45, 2.75) is 0 Å². The first-order valence-corrected chi connectivity index (χ1v) is 6.92. The summed E-state index contributed by atoms with van der Waals surface area (Å²) in [4.78, 5) is 13.7. The lowest BCUT2D eigenvalue weighted by Gasteiger charge is -2.08. The predicted molar refractivity (Wildman–Crippen MR) is 85.7 cm³/mol. The molecule has 106 valence electrons. The Bertz CT molecular complexity index is 983. The van der Waals surface area contributed by atoms with Crippen LogP contribution < -0.4 is 4.89 Å². The second kappa shape index (κ2) is 5.09. The smallest absolute Gasteiger partial charge is 0.193 e. The van der Waals surface area contributed by atoms with Crippen molar-refractivity contribution >= 4 is 21.8 Å². The topological polar surface area (TPSA) is 55.2 Å². The monoisotopic (exact) mass is 288 g/mol. The molecule has 4 nitrogen and oxygen atoms in total. The van der Waals surface area contributed by atoms with Crippen LogP contribution in [0, 0.1) is 0 Å². The maximum atomic E-state index is 9.18. The van der Waals surface area contributed by atoms with Crippen LogP contribution in [0.4, 0.5) is 0 Å². The number of aromatic nitrogens is 2. The lowest BCUT2D eigenvalue weighted by atomic mass is 10.1. The van der Waals surface area contributed by atoms with Crippen LogP contribution in [-0.2, 0) is 0 Å². The van der Waals surface area contributed by atoms with E-state index in [1.165, 1.54) is 0 Å². The second-order valence-electron chi connectivity index (χ2n) is 5.01. The lowest BCUT2D eigenvalue weighted by Crippen LogP contribution is -1.95. The Morgan fingerprint density at radius 1 is 0.727 bits per heavy atom. The fourth-order valence-corrected chi connectivity index (χ4v) is 2.55. The summed E-state index contributed by atoms with van der Waals surface area (Å²) in [5, 5.41) is 11.1. The molecule has 4 aromatic rings. The van der Waals surface area contributed by atoms with Crippen molar-refractivity contribution < 1.29 is 10.1 Å². The van der Waals surface area contributed by atoms with Crippen LogP contribution in [0.2, 0.25) is 0 Å². The molecule has 0 saturated carbocycles. The maximum absolute atomic E-state index is 9.18. The standard InChI is InChI=1S/C18H12N2O2/c21-22-17-11-13-6-2-4-8-15(13)20-18(17)16-10-9-12-5-1-3-7-14(12)19-16/h1-11,21H. The Labute approximate surface area is 126 Å². The molecule has 22 heavy (non-hydrogen) atoms. The van der Waals surface area contributed by atoms with Crippen LogP contribution in [0.25, 0.3) is 33.2 Å². The van der Waals surface area contributed by atoms with Crippen LogP contribution in [0.15, 0.2) is 66.7 Å². The fraction of sp³-hybridized carbons (Fsp3) is 0. The number of benzene rings is 2. The Hall–Kier alpha value is -2.98. The first-order valence-electron chi connectivity index (χ1n) is 6.92. The van der Waals surface area contributed by atoms with Crippen molar-refractivity contribution in [2.24, 2.45) is 0 Å². The summed E-state index contributed by atoms with van der Waals surface area (Å²) in [5.74, 6) is 0.293. The van der Waals surface area contributed by atoms with Gasteiger partial charge in [0.15, 0.2) is 5.75 Å². The molecule has 4 heteroatoms. The van der Waals surface area contributed by atoms with E-state index in [1.807, 2.05) is 60.7 Å². The van der Waals surface area contributed by atoms with E-state index in [-0.39, 0.29) is 0 Å². The van der Waals surface area contributed by atoms with Gasteiger partial charge in [0.05, 0.1) is 16.7 Å². The Morgan fingerprint density at radius 3 is 2.18 bits per heavy atom. The molecule has 2 aromatic carbocycles. The summed E-state index contributed by atoms with van der Waals surface area (Å²) >= 11 is 0. The maximum Gasteiger partial charge on any atom is 0.193 e. The number of rotatable bonds is 2. The van der Waals surface area contributed by atoms with Gasteiger partial charge < -0.3 is 4.89 Å². The van der Waals surface area contributed by atoms with Gasteiger partial charge in [-0.05, 0) is 24.3 Å². The van der Waals surface area contributed by atoms with Gasteiger partial charge in [0, 0.05) is 10.8 Å². The summed E-state index contributed by atoms with van der Waals surface area (Å²) in [5.41, 5.74) is 2.88. The first kappa shape index (κ1) is 12.7. The summed E-state index contributed by atoms with van der Waals surface area (Å²) in [6, 6.07) is 21.2. The third-order valence-electron chi connectivity index (χ3n) is 3.63. The van der Waals surface area contributed by atoms with E-state index in [0.29, 0.717) is 17.1 Å². The van der Waals surface area contributed by atoms with Gasteiger partial charge in [-0.15, -0.1) is 0 Å². The highest BCUT2D eigenvalue weighted by molar-refractivity contribution is 5.86. The predicted octanol–water partition coefficient (Wildman–Crippen LogP) is 4.30. The zero-order valence-electron chi connectivity index (χ0n) is 11.6. The van der Waals surface area contributed by atoms with Crippen molar-refractivity contribution in [3.8, 4) is 17.1 Å². The largest absolute Gasteiger partial charge is 0.338 e. The van der Waals surface area contributed by atoms with E-state index in [0.717, 1.165) is 21.8 Å². The van der Waals surface area contributed by atoms with E-state index < -0.39 is 0 Å². The highest BCUT2D eigenvalue weighted by Crippen LogP contribution is 2.31. The fourth-order valence-electron chi connectivity index (χ4n) is 2.55.